The van der Waals surface area contributed by atoms with Gasteiger partial charge in [0.1, 0.15) is 5.82 Å². The van der Waals surface area contributed by atoms with Crippen LogP contribution >= 0.6 is 0 Å². The first-order valence-corrected chi connectivity index (χ1v) is 6.53. The molecule has 0 atom stereocenters. The number of aryl methyl sites for hydroxylation is 1. The Morgan fingerprint density at radius 3 is 3.06 bits per heavy atom. The number of hydrogen-bond donors (Lipinski definition) is 1. The zero-order chi connectivity index (χ0) is 12.4. The fourth-order valence-corrected chi connectivity index (χ4v) is 2.55. The van der Waals surface area contributed by atoms with Crippen LogP contribution in [0.25, 0.3) is 0 Å². The average molecular weight is 242 g/mol. The Hall–Kier alpha value is -1.84. The Labute approximate surface area is 107 Å². The molecule has 1 aliphatic carbocycles. The van der Waals surface area contributed by atoms with Gasteiger partial charge in [-0.15, -0.1) is 0 Å². The standard InChI is InChI=1S/C14H18N4/c1-15-14-8-4-5-11(17-14)9-18-10-16-12-6-2-3-7-13(12)18/h4-5,8,10H,2-3,6-7,9H2,1H3,(H,15,17). The highest BCUT2D eigenvalue weighted by Crippen LogP contribution is 2.20. The van der Waals surface area contributed by atoms with E-state index in [1.54, 1.807) is 0 Å². The highest BCUT2D eigenvalue weighted by atomic mass is 15.1. The van der Waals surface area contributed by atoms with E-state index in [4.69, 9.17) is 0 Å². The van der Waals surface area contributed by atoms with Gasteiger partial charge in [0.15, 0.2) is 0 Å². The monoisotopic (exact) mass is 242 g/mol. The molecule has 0 spiro atoms. The lowest BCUT2D eigenvalue weighted by Gasteiger charge is -2.14. The number of rotatable bonds is 3. The van der Waals surface area contributed by atoms with Crippen molar-refractivity contribution >= 4 is 5.82 Å². The quantitative estimate of drug-likeness (QED) is 0.897. The van der Waals surface area contributed by atoms with E-state index in [-0.39, 0.29) is 0 Å². The number of pyridine rings is 1. The summed E-state index contributed by atoms with van der Waals surface area (Å²) in [6, 6.07) is 6.08. The third-order valence-corrected chi connectivity index (χ3v) is 3.51. The van der Waals surface area contributed by atoms with Crippen LogP contribution in [0.1, 0.15) is 29.9 Å². The number of anilines is 1. The van der Waals surface area contributed by atoms with Gasteiger partial charge in [-0.3, -0.25) is 0 Å². The van der Waals surface area contributed by atoms with Gasteiger partial charge in [0, 0.05) is 12.7 Å². The Balaban J connectivity index is 1.85. The lowest BCUT2D eigenvalue weighted by atomic mass is 10.0. The molecule has 0 radical (unpaired) electrons. The van der Waals surface area contributed by atoms with Crippen molar-refractivity contribution in [3.8, 4) is 0 Å². The second-order valence-electron chi connectivity index (χ2n) is 4.74. The van der Waals surface area contributed by atoms with Gasteiger partial charge in [0.2, 0.25) is 0 Å². The molecule has 1 aliphatic rings. The summed E-state index contributed by atoms with van der Waals surface area (Å²) in [4.78, 5) is 9.07. The minimum atomic E-state index is 0.817. The molecule has 18 heavy (non-hydrogen) atoms. The molecule has 4 nitrogen and oxygen atoms in total. The molecular weight excluding hydrogens is 224 g/mol. The van der Waals surface area contributed by atoms with Crippen molar-refractivity contribution in [1.82, 2.24) is 14.5 Å². The normalized spacial score (nSPS) is 14.3. The molecule has 1 N–H and O–H groups in total. The van der Waals surface area contributed by atoms with Gasteiger partial charge in [-0.25, -0.2) is 9.97 Å². The maximum absolute atomic E-state index is 4.56. The average Bonchev–Trinajstić information content (AvgIpc) is 2.83. The van der Waals surface area contributed by atoms with E-state index in [0.717, 1.165) is 30.9 Å². The number of aromatic nitrogens is 3. The van der Waals surface area contributed by atoms with Crippen molar-refractivity contribution in [1.29, 1.82) is 0 Å². The number of imidazole rings is 1. The zero-order valence-corrected chi connectivity index (χ0v) is 10.7. The van der Waals surface area contributed by atoms with Crippen LogP contribution in [0.5, 0.6) is 0 Å². The Morgan fingerprint density at radius 2 is 2.17 bits per heavy atom. The Kier molecular flexibility index (Phi) is 3.00. The number of nitrogens with one attached hydrogen (secondary N) is 1. The van der Waals surface area contributed by atoms with E-state index >= 15 is 0 Å². The number of hydrogen-bond acceptors (Lipinski definition) is 3. The molecule has 3 rings (SSSR count). The lowest BCUT2D eigenvalue weighted by Crippen LogP contribution is -2.10. The van der Waals surface area contributed by atoms with Crippen LogP contribution in [0.3, 0.4) is 0 Å². The third-order valence-electron chi connectivity index (χ3n) is 3.51. The van der Waals surface area contributed by atoms with E-state index in [1.165, 1.54) is 24.2 Å². The van der Waals surface area contributed by atoms with Crippen LogP contribution in [0.2, 0.25) is 0 Å². The second kappa shape index (κ2) is 4.80. The summed E-state index contributed by atoms with van der Waals surface area (Å²) in [5.41, 5.74) is 3.76. The van der Waals surface area contributed by atoms with Crippen molar-refractivity contribution in [2.45, 2.75) is 32.2 Å². The maximum atomic E-state index is 4.56. The molecule has 2 aromatic heterocycles. The molecular formula is C14H18N4. The fourth-order valence-electron chi connectivity index (χ4n) is 2.55. The van der Waals surface area contributed by atoms with Gasteiger partial charge >= 0.3 is 0 Å². The molecule has 0 bridgehead atoms. The van der Waals surface area contributed by atoms with Gasteiger partial charge in [-0.1, -0.05) is 6.07 Å². The molecule has 94 valence electrons. The SMILES string of the molecule is CNc1cccc(Cn2cnc3c2CCCC3)n1. The topological polar surface area (TPSA) is 42.7 Å². The number of fused-ring (bicyclic) bond motifs is 1. The molecule has 0 saturated carbocycles. The maximum Gasteiger partial charge on any atom is 0.126 e. The van der Waals surface area contributed by atoms with Crippen molar-refractivity contribution in [3.63, 3.8) is 0 Å². The van der Waals surface area contributed by atoms with Crippen molar-refractivity contribution in [2.24, 2.45) is 0 Å². The van der Waals surface area contributed by atoms with Crippen LogP contribution in [0.15, 0.2) is 24.5 Å². The first-order chi connectivity index (χ1) is 8.86. The summed E-state index contributed by atoms with van der Waals surface area (Å²) in [7, 11) is 1.89. The van der Waals surface area contributed by atoms with E-state index in [0.29, 0.717) is 0 Å². The summed E-state index contributed by atoms with van der Waals surface area (Å²) < 4.78 is 2.25. The van der Waals surface area contributed by atoms with E-state index in [2.05, 4.69) is 25.9 Å². The van der Waals surface area contributed by atoms with Gasteiger partial charge in [0.25, 0.3) is 0 Å². The second-order valence-corrected chi connectivity index (χ2v) is 4.74. The molecule has 0 unspecified atom stereocenters. The molecule has 2 aromatic rings. The van der Waals surface area contributed by atoms with Gasteiger partial charge in [-0.2, -0.15) is 0 Å². The first kappa shape index (κ1) is 11.3. The van der Waals surface area contributed by atoms with Crippen molar-refractivity contribution < 1.29 is 0 Å². The minimum absolute atomic E-state index is 0.817. The minimum Gasteiger partial charge on any atom is -0.373 e. The molecule has 4 heteroatoms. The van der Waals surface area contributed by atoms with Crippen LogP contribution in [0, 0.1) is 0 Å². The molecule has 0 aromatic carbocycles. The van der Waals surface area contributed by atoms with Crippen LogP contribution in [-0.2, 0) is 19.4 Å². The van der Waals surface area contributed by atoms with E-state index in [1.807, 2.05) is 25.5 Å². The fraction of sp³-hybridized carbons (Fsp3) is 0.429. The summed E-state index contributed by atoms with van der Waals surface area (Å²) in [5.74, 6) is 0.918. The smallest absolute Gasteiger partial charge is 0.126 e. The van der Waals surface area contributed by atoms with Crippen molar-refractivity contribution in [2.75, 3.05) is 12.4 Å². The van der Waals surface area contributed by atoms with Crippen LogP contribution < -0.4 is 5.32 Å². The summed E-state index contributed by atoms with van der Waals surface area (Å²) >= 11 is 0. The molecule has 2 heterocycles. The number of nitrogens with zero attached hydrogens (tertiary/aromatic N) is 3. The molecule has 0 saturated heterocycles. The van der Waals surface area contributed by atoms with Gasteiger partial charge in [0.05, 0.1) is 24.3 Å². The zero-order valence-electron chi connectivity index (χ0n) is 10.7. The van der Waals surface area contributed by atoms with Crippen LogP contribution in [-0.4, -0.2) is 21.6 Å². The molecule has 0 aliphatic heterocycles. The predicted octanol–water partition coefficient (Wildman–Crippen LogP) is 2.25. The molecule has 0 amide bonds. The first-order valence-electron chi connectivity index (χ1n) is 6.53. The van der Waals surface area contributed by atoms with Crippen molar-refractivity contribution in [3.05, 3.63) is 41.6 Å². The van der Waals surface area contributed by atoms with Crippen LogP contribution in [0.4, 0.5) is 5.82 Å². The third kappa shape index (κ3) is 2.10. The largest absolute Gasteiger partial charge is 0.373 e. The lowest BCUT2D eigenvalue weighted by molar-refractivity contribution is 0.625. The van der Waals surface area contributed by atoms with Gasteiger partial charge < -0.3 is 9.88 Å². The highest BCUT2D eigenvalue weighted by molar-refractivity contribution is 5.34. The Bertz CT molecular complexity index is 544. The predicted molar refractivity (Wildman–Crippen MR) is 71.8 cm³/mol. The summed E-state index contributed by atoms with van der Waals surface area (Å²) in [5, 5.41) is 3.07. The highest BCUT2D eigenvalue weighted by Gasteiger charge is 2.15. The summed E-state index contributed by atoms with van der Waals surface area (Å²) in [6.07, 6.45) is 6.80. The van der Waals surface area contributed by atoms with E-state index < -0.39 is 0 Å². The van der Waals surface area contributed by atoms with E-state index in [9.17, 15) is 0 Å². The molecule has 0 fully saturated rings. The van der Waals surface area contributed by atoms with Gasteiger partial charge in [-0.05, 0) is 37.8 Å². The Morgan fingerprint density at radius 1 is 1.28 bits per heavy atom. The summed E-state index contributed by atoms with van der Waals surface area (Å²) in [6.45, 7) is 0.817.